The Bertz CT molecular complexity index is 1110. The van der Waals surface area contributed by atoms with Crippen molar-refractivity contribution in [3.8, 4) is 0 Å². The molecule has 0 fully saturated rings. The topological polar surface area (TPSA) is 46.9 Å². The molecule has 0 aliphatic heterocycles. The lowest BCUT2D eigenvalue weighted by Gasteiger charge is -2.37. The van der Waals surface area contributed by atoms with Crippen LogP contribution in [0.5, 0.6) is 0 Å². The third-order valence-electron chi connectivity index (χ3n) is 7.25. The normalized spacial score (nSPS) is 11.4. The van der Waals surface area contributed by atoms with Crippen LogP contribution in [-0.2, 0) is 5.41 Å². The van der Waals surface area contributed by atoms with Crippen LogP contribution >= 0.6 is 0 Å². The second kappa shape index (κ2) is 12.6. The molecule has 4 rings (SSSR count). The van der Waals surface area contributed by atoms with Crippen molar-refractivity contribution in [2.45, 2.75) is 19.3 Å². The molecule has 0 heterocycles. The first-order valence-corrected chi connectivity index (χ1v) is 13.2. The molecule has 0 unspecified atom stereocenters. The first-order chi connectivity index (χ1) is 18.2. The molecule has 2 N–H and O–H groups in total. The smallest absolute Gasteiger partial charge is 0.0701 e. The van der Waals surface area contributed by atoms with Crippen molar-refractivity contribution in [1.29, 1.82) is 0 Å². The van der Waals surface area contributed by atoms with Gasteiger partial charge in [-0.15, -0.1) is 0 Å². The minimum Gasteiger partial charge on any atom is -0.395 e. The van der Waals surface area contributed by atoms with Crippen molar-refractivity contribution in [2.75, 3.05) is 49.2 Å². The van der Waals surface area contributed by atoms with Crippen LogP contribution in [0.3, 0.4) is 0 Å². The van der Waals surface area contributed by atoms with Gasteiger partial charge in [0.1, 0.15) is 0 Å². The Labute approximate surface area is 221 Å². The summed E-state index contributed by atoms with van der Waals surface area (Å²) in [4.78, 5) is 4.37. The van der Waals surface area contributed by atoms with E-state index in [1.165, 1.54) is 22.3 Å². The molecule has 0 saturated carbocycles. The predicted molar refractivity (Wildman–Crippen MR) is 155 cm³/mol. The summed E-state index contributed by atoms with van der Waals surface area (Å²) >= 11 is 0. The van der Waals surface area contributed by atoms with Gasteiger partial charge in [0.05, 0.1) is 18.6 Å². The highest BCUT2D eigenvalue weighted by atomic mass is 16.3. The first kappa shape index (κ1) is 26.5. The molecular formula is C33H38N2O2. The predicted octanol–water partition coefficient (Wildman–Crippen LogP) is 5.71. The summed E-state index contributed by atoms with van der Waals surface area (Å²) in [6.07, 6.45) is 0. The minimum absolute atomic E-state index is 0.130. The SMILES string of the molecule is CCN(CCO)c1ccc(C(c2ccccc2)(c2ccccc2)c2ccc(N(CC)CCO)cc2)cc1. The number of hydrogen-bond donors (Lipinski definition) is 2. The molecule has 4 heteroatoms. The second-order valence-corrected chi connectivity index (χ2v) is 9.18. The average molecular weight is 495 g/mol. The van der Waals surface area contributed by atoms with Gasteiger partial charge in [-0.2, -0.15) is 0 Å². The van der Waals surface area contributed by atoms with Crippen molar-refractivity contribution >= 4 is 11.4 Å². The number of anilines is 2. The van der Waals surface area contributed by atoms with Crippen LogP contribution in [0, 0.1) is 0 Å². The zero-order valence-electron chi connectivity index (χ0n) is 21.9. The maximum Gasteiger partial charge on any atom is 0.0701 e. The molecule has 0 saturated heterocycles. The van der Waals surface area contributed by atoms with E-state index in [4.69, 9.17) is 0 Å². The summed E-state index contributed by atoms with van der Waals surface area (Å²) in [6.45, 7) is 7.38. The molecular weight excluding hydrogens is 456 g/mol. The number of rotatable bonds is 12. The van der Waals surface area contributed by atoms with E-state index in [-0.39, 0.29) is 13.2 Å². The second-order valence-electron chi connectivity index (χ2n) is 9.18. The van der Waals surface area contributed by atoms with Crippen LogP contribution in [0.1, 0.15) is 36.1 Å². The molecule has 192 valence electrons. The van der Waals surface area contributed by atoms with Crippen molar-refractivity contribution < 1.29 is 10.2 Å². The molecule has 4 aromatic carbocycles. The van der Waals surface area contributed by atoms with Crippen LogP contribution in [0.2, 0.25) is 0 Å². The number of nitrogens with zero attached hydrogens (tertiary/aromatic N) is 2. The summed E-state index contributed by atoms with van der Waals surface area (Å²) in [5.41, 5.74) is 6.47. The largest absolute Gasteiger partial charge is 0.395 e. The molecule has 0 radical (unpaired) electrons. The van der Waals surface area contributed by atoms with Gasteiger partial charge in [0, 0.05) is 37.6 Å². The molecule has 0 aliphatic carbocycles. The zero-order valence-corrected chi connectivity index (χ0v) is 21.9. The zero-order chi connectivity index (χ0) is 26.1. The maximum atomic E-state index is 9.51. The third-order valence-corrected chi connectivity index (χ3v) is 7.25. The van der Waals surface area contributed by atoms with Gasteiger partial charge < -0.3 is 20.0 Å². The first-order valence-electron chi connectivity index (χ1n) is 13.2. The Morgan fingerprint density at radius 1 is 0.486 bits per heavy atom. The molecule has 0 atom stereocenters. The fraction of sp³-hybridized carbons (Fsp3) is 0.273. The van der Waals surface area contributed by atoms with Crippen molar-refractivity contribution in [1.82, 2.24) is 0 Å². The van der Waals surface area contributed by atoms with Gasteiger partial charge in [-0.25, -0.2) is 0 Å². The molecule has 0 aromatic heterocycles. The van der Waals surface area contributed by atoms with E-state index in [1.54, 1.807) is 0 Å². The Morgan fingerprint density at radius 3 is 1.11 bits per heavy atom. The van der Waals surface area contributed by atoms with Gasteiger partial charge in [0.25, 0.3) is 0 Å². The molecule has 37 heavy (non-hydrogen) atoms. The van der Waals surface area contributed by atoms with Gasteiger partial charge in [0.15, 0.2) is 0 Å². The highest BCUT2D eigenvalue weighted by molar-refractivity contribution is 5.63. The van der Waals surface area contributed by atoms with E-state index in [0.717, 1.165) is 24.5 Å². The fourth-order valence-corrected chi connectivity index (χ4v) is 5.40. The van der Waals surface area contributed by atoms with Gasteiger partial charge in [0.2, 0.25) is 0 Å². The number of aliphatic hydroxyl groups excluding tert-OH is 2. The maximum absolute atomic E-state index is 9.51. The monoisotopic (exact) mass is 494 g/mol. The van der Waals surface area contributed by atoms with E-state index in [2.05, 4.69) is 133 Å². The Balaban J connectivity index is 1.93. The molecule has 0 aliphatic rings. The number of hydrogen-bond acceptors (Lipinski definition) is 4. The summed E-state index contributed by atoms with van der Waals surface area (Å²) < 4.78 is 0. The standard InChI is InChI=1S/C33H38N2O2/c1-3-34(23-25-36)31-19-15-29(16-20-31)33(27-11-7-5-8-12-27,28-13-9-6-10-14-28)30-17-21-32(22-18-30)35(4-2)24-26-37/h5-22,36-37H,3-4,23-26H2,1-2H3. The van der Waals surface area contributed by atoms with Gasteiger partial charge in [-0.05, 0) is 60.4 Å². The van der Waals surface area contributed by atoms with Crippen molar-refractivity contribution in [3.63, 3.8) is 0 Å². The van der Waals surface area contributed by atoms with Gasteiger partial charge in [-0.3, -0.25) is 0 Å². The highest BCUT2D eigenvalue weighted by Crippen LogP contribution is 2.45. The summed E-state index contributed by atoms with van der Waals surface area (Å²) in [5, 5.41) is 19.0. The lowest BCUT2D eigenvalue weighted by atomic mass is 9.65. The summed E-state index contributed by atoms with van der Waals surface area (Å²) in [7, 11) is 0. The highest BCUT2D eigenvalue weighted by Gasteiger charge is 2.38. The molecule has 0 spiro atoms. The van der Waals surface area contributed by atoms with E-state index in [1.807, 2.05) is 0 Å². The average Bonchev–Trinajstić information content (AvgIpc) is 2.97. The van der Waals surface area contributed by atoms with Gasteiger partial charge in [-0.1, -0.05) is 84.9 Å². The Kier molecular flexibility index (Phi) is 8.99. The van der Waals surface area contributed by atoms with Crippen LogP contribution < -0.4 is 9.80 Å². The molecule has 4 nitrogen and oxygen atoms in total. The lowest BCUT2D eigenvalue weighted by Crippen LogP contribution is -2.32. The van der Waals surface area contributed by atoms with Gasteiger partial charge >= 0.3 is 0 Å². The van der Waals surface area contributed by atoms with Crippen LogP contribution in [0.15, 0.2) is 109 Å². The van der Waals surface area contributed by atoms with Crippen LogP contribution in [-0.4, -0.2) is 49.6 Å². The molecule has 0 bridgehead atoms. The van der Waals surface area contributed by atoms with E-state index < -0.39 is 5.41 Å². The van der Waals surface area contributed by atoms with E-state index in [9.17, 15) is 10.2 Å². The quantitative estimate of drug-likeness (QED) is 0.248. The summed E-state index contributed by atoms with van der Waals surface area (Å²) in [6, 6.07) is 39.0. The van der Waals surface area contributed by atoms with Crippen LogP contribution in [0.25, 0.3) is 0 Å². The number of likely N-dealkylation sites (N-methyl/N-ethyl adjacent to an activating group) is 2. The number of benzene rings is 4. The molecule has 0 amide bonds. The third kappa shape index (κ3) is 5.41. The van der Waals surface area contributed by atoms with Crippen LogP contribution in [0.4, 0.5) is 11.4 Å². The fourth-order valence-electron chi connectivity index (χ4n) is 5.40. The van der Waals surface area contributed by atoms with E-state index in [0.29, 0.717) is 13.1 Å². The minimum atomic E-state index is -0.512. The van der Waals surface area contributed by atoms with Crippen molar-refractivity contribution in [2.24, 2.45) is 0 Å². The van der Waals surface area contributed by atoms with E-state index >= 15 is 0 Å². The number of aliphatic hydroxyl groups is 2. The lowest BCUT2D eigenvalue weighted by molar-refractivity contribution is 0.302. The Morgan fingerprint density at radius 2 is 0.811 bits per heavy atom. The summed E-state index contributed by atoms with van der Waals surface area (Å²) in [5.74, 6) is 0. The molecule has 4 aromatic rings. The Hall–Kier alpha value is -3.60. The van der Waals surface area contributed by atoms with Crippen molar-refractivity contribution in [3.05, 3.63) is 131 Å².